The zero-order valence-electron chi connectivity index (χ0n) is 13.3. The number of rotatable bonds is 11. The molecule has 0 fully saturated rings. The minimum Gasteiger partial charge on any atom is -0.549 e. The van der Waals surface area contributed by atoms with Crippen molar-refractivity contribution in [1.82, 2.24) is 9.80 Å². The van der Waals surface area contributed by atoms with E-state index in [0.29, 0.717) is 0 Å². The van der Waals surface area contributed by atoms with Gasteiger partial charge in [-0.25, -0.2) is 0 Å². The molecule has 0 saturated carbocycles. The van der Waals surface area contributed by atoms with Gasteiger partial charge in [0.25, 0.3) is 0 Å². The summed E-state index contributed by atoms with van der Waals surface area (Å²) in [5.41, 5.74) is 0. The van der Waals surface area contributed by atoms with Crippen molar-refractivity contribution in [2.45, 2.75) is 0 Å². The molecule has 0 bridgehead atoms. The van der Waals surface area contributed by atoms with Crippen LogP contribution in [0, 0.1) is 0 Å². The molecule has 132 valence electrons. The van der Waals surface area contributed by atoms with Crippen LogP contribution in [-0.2, 0) is 35.7 Å². The van der Waals surface area contributed by atoms with Crippen LogP contribution in [0.25, 0.3) is 0 Å². The largest absolute Gasteiger partial charge is 1.00 e. The Balaban J connectivity index is -0.000000301. The number of carbonyl (C=O) groups is 4. The molecule has 0 aliphatic heterocycles. The monoisotopic (exact) mass is 412 g/mol. The third kappa shape index (κ3) is 22.3. The second kappa shape index (κ2) is 19.6. The number of nitrogens with zero attached hydrogens (tertiary/aromatic N) is 2. The van der Waals surface area contributed by atoms with Crippen LogP contribution >= 0.6 is 0 Å². The summed E-state index contributed by atoms with van der Waals surface area (Å²) in [4.78, 5) is 43.9. The van der Waals surface area contributed by atoms with Crippen molar-refractivity contribution in [3.05, 3.63) is 0 Å². The zero-order valence-corrected chi connectivity index (χ0v) is 18.3. The van der Waals surface area contributed by atoms with Crippen LogP contribution < -0.4 is 69.3 Å². The molecule has 0 rings (SSSR count). The fraction of sp³-hybridized carbons (Fsp3) is 0.600. The molecule has 0 amide bonds. The van der Waals surface area contributed by atoms with Gasteiger partial charge in [0.1, 0.15) is 0 Å². The van der Waals surface area contributed by atoms with Gasteiger partial charge in [0.15, 0.2) is 0 Å². The Morgan fingerprint density at radius 2 is 0.958 bits per heavy atom. The van der Waals surface area contributed by atoms with E-state index < -0.39 is 50.1 Å². The molecule has 0 spiro atoms. The Morgan fingerprint density at radius 1 is 0.708 bits per heavy atom. The van der Waals surface area contributed by atoms with Gasteiger partial charge in [0.05, 0.1) is 25.0 Å². The molecular formula is C10H16N2Na2NiO9. The summed E-state index contributed by atoms with van der Waals surface area (Å²) in [6.07, 6.45) is 0. The predicted octanol–water partition coefficient (Wildman–Crippen LogP) is -11.6. The quantitative estimate of drug-likeness (QED) is 0.307. The SMILES string of the molecule is O.O=C([O-])CN(CCN(CC(=O)O)CC(=O)O)CC(=O)[O-].[Na+].[Na+].[Ni]. The van der Waals surface area contributed by atoms with Crippen molar-refractivity contribution in [1.29, 1.82) is 0 Å². The Labute approximate surface area is 192 Å². The number of carboxylic acids is 4. The molecule has 0 saturated heterocycles. The molecule has 11 nitrogen and oxygen atoms in total. The molecule has 0 aliphatic rings. The third-order valence-electron chi connectivity index (χ3n) is 2.16. The molecule has 0 aromatic carbocycles. The molecule has 0 atom stereocenters. The van der Waals surface area contributed by atoms with E-state index in [4.69, 9.17) is 10.2 Å². The Morgan fingerprint density at radius 3 is 1.17 bits per heavy atom. The number of hydrogen-bond donors (Lipinski definition) is 2. The molecule has 0 radical (unpaired) electrons. The Kier molecular flexibility index (Phi) is 28.9. The summed E-state index contributed by atoms with van der Waals surface area (Å²) in [5, 5.41) is 38.0. The second-order valence-corrected chi connectivity index (χ2v) is 3.95. The summed E-state index contributed by atoms with van der Waals surface area (Å²) in [6, 6.07) is 0. The molecule has 0 heterocycles. The summed E-state index contributed by atoms with van der Waals surface area (Å²) < 4.78 is 0. The van der Waals surface area contributed by atoms with Crippen LogP contribution in [0.15, 0.2) is 0 Å². The molecule has 0 aliphatic carbocycles. The van der Waals surface area contributed by atoms with Crippen molar-refractivity contribution in [3.8, 4) is 0 Å². The van der Waals surface area contributed by atoms with Crippen molar-refractivity contribution >= 4 is 23.9 Å². The van der Waals surface area contributed by atoms with Gasteiger partial charge in [-0.3, -0.25) is 19.4 Å². The van der Waals surface area contributed by atoms with E-state index in [1.54, 1.807) is 0 Å². The summed E-state index contributed by atoms with van der Waals surface area (Å²) >= 11 is 0. The van der Waals surface area contributed by atoms with Gasteiger partial charge >= 0.3 is 71.1 Å². The summed E-state index contributed by atoms with van der Waals surface area (Å²) in [5.74, 6) is -5.52. The molecule has 14 heteroatoms. The maximum absolute atomic E-state index is 10.5. The van der Waals surface area contributed by atoms with Crippen LogP contribution in [0.1, 0.15) is 0 Å². The van der Waals surface area contributed by atoms with Crippen LogP contribution in [0.5, 0.6) is 0 Å². The van der Waals surface area contributed by atoms with Crippen molar-refractivity contribution in [2.75, 3.05) is 39.3 Å². The first-order valence-electron chi connectivity index (χ1n) is 5.48. The Hall–Kier alpha value is 0.254. The first kappa shape index (κ1) is 35.4. The van der Waals surface area contributed by atoms with Gasteiger partial charge in [0.2, 0.25) is 0 Å². The molecule has 4 N–H and O–H groups in total. The van der Waals surface area contributed by atoms with Crippen LogP contribution in [-0.4, -0.2) is 88.6 Å². The van der Waals surface area contributed by atoms with E-state index in [1.165, 1.54) is 0 Å². The fourth-order valence-electron chi connectivity index (χ4n) is 1.46. The number of carboxylic acid groups (broad SMARTS) is 4. The summed E-state index contributed by atoms with van der Waals surface area (Å²) in [6.45, 7) is -2.75. The molecule has 24 heavy (non-hydrogen) atoms. The standard InChI is InChI=1S/C10H16N2O8.2Na.Ni.H2O/c13-7(14)3-11(4-8(15)16)1-2-12(5-9(17)18)6-10(19)20;;;;/h1-6H2,(H,13,14)(H,15,16)(H,17,18)(H,19,20);;;;1H2/q;2*+1;;/p-2. The molecule has 0 aromatic rings. The molecular weight excluding hydrogens is 397 g/mol. The van der Waals surface area contributed by atoms with Crippen molar-refractivity contribution in [2.24, 2.45) is 0 Å². The first-order chi connectivity index (χ1) is 9.20. The normalized spacial score (nSPS) is 8.92. The zero-order chi connectivity index (χ0) is 15.7. The van der Waals surface area contributed by atoms with Crippen LogP contribution in [0.2, 0.25) is 0 Å². The first-order valence-corrected chi connectivity index (χ1v) is 5.48. The number of carbonyl (C=O) groups excluding carboxylic acids is 2. The van der Waals surface area contributed by atoms with E-state index in [1.807, 2.05) is 0 Å². The van der Waals surface area contributed by atoms with E-state index in [-0.39, 0.29) is 94.2 Å². The van der Waals surface area contributed by atoms with Gasteiger partial charge in [0, 0.05) is 42.7 Å². The van der Waals surface area contributed by atoms with Crippen molar-refractivity contribution < 1.29 is 121 Å². The topological polar surface area (TPSA) is 193 Å². The molecule has 0 unspecified atom stereocenters. The van der Waals surface area contributed by atoms with E-state index in [9.17, 15) is 29.4 Å². The number of aliphatic carboxylic acids is 4. The second-order valence-electron chi connectivity index (χ2n) is 3.95. The van der Waals surface area contributed by atoms with Crippen LogP contribution in [0.3, 0.4) is 0 Å². The molecule has 0 aromatic heterocycles. The Bertz CT molecular complexity index is 333. The van der Waals surface area contributed by atoms with E-state index in [2.05, 4.69) is 0 Å². The van der Waals surface area contributed by atoms with Gasteiger partial charge in [-0.2, -0.15) is 0 Å². The van der Waals surface area contributed by atoms with Gasteiger partial charge in [-0.05, 0) is 0 Å². The smallest absolute Gasteiger partial charge is 0.549 e. The van der Waals surface area contributed by atoms with Crippen molar-refractivity contribution in [3.63, 3.8) is 0 Å². The third-order valence-corrected chi connectivity index (χ3v) is 2.16. The number of hydrogen-bond acceptors (Lipinski definition) is 8. The average molecular weight is 413 g/mol. The predicted molar refractivity (Wildman–Crippen MR) is 61.8 cm³/mol. The average Bonchev–Trinajstić information content (AvgIpc) is 2.22. The van der Waals surface area contributed by atoms with E-state index >= 15 is 0 Å². The van der Waals surface area contributed by atoms with E-state index in [0.717, 1.165) is 9.80 Å². The maximum atomic E-state index is 10.5. The van der Waals surface area contributed by atoms with Gasteiger partial charge < -0.3 is 35.5 Å². The minimum absolute atomic E-state index is 0. The minimum atomic E-state index is -1.51. The fourth-order valence-corrected chi connectivity index (χ4v) is 1.46. The van der Waals surface area contributed by atoms with Gasteiger partial charge in [-0.1, -0.05) is 0 Å². The maximum Gasteiger partial charge on any atom is 1.00 e. The van der Waals surface area contributed by atoms with Crippen LogP contribution in [0.4, 0.5) is 0 Å². The van der Waals surface area contributed by atoms with Gasteiger partial charge in [-0.15, -0.1) is 0 Å². The summed E-state index contributed by atoms with van der Waals surface area (Å²) in [7, 11) is 0.